The summed E-state index contributed by atoms with van der Waals surface area (Å²) in [4.78, 5) is 0. The van der Waals surface area contributed by atoms with Crippen molar-refractivity contribution in [3.63, 3.8) is 0 Å². The van der Waals surface area contributed by atoms with Gasteiger partial charge in [-0.15, -0.1) is 0 Å². The molecular weight excluding hydrogens is 386 g/mol. The third-order valence-corrected chi connectivity index (χ3v) is 6.10. The largest absolute Gasteiger partial charge is 0.493 e. The third kappa shape index (κ3) is 5.09. The summed E-state index contributed by atoms with van der Waals surface area (Å²) < 4.78 is 17.4. The average molecular weight is 418 g/mol. The Bertz CT molecular complexity index is 906. The summed E-state index contributed by atoms with van der Waals surface area (Å²) in [6, 6.07) is 27.6. The second-order valence-corrected chi connectivity index (χ2v) is 7.93. The molecule has 4 heteroatoms. The minimum absolute atomic E-state index is 0.0525. The predicted octanol–water partition coefficient (Wildman–Crippen LogP) is 5.35. The van der Waals surface area contributed by atoms with Gasteiger partial charge in [0.25, 0.3) is 0 Å². The molecule has 0 aromatic heterocycles. The highest BCUT2D eigenvalue weighted by Crippen LogP contribution is 2.36. The molecule has 162 valence electrons. The lowest BCUT2D eigenvalue weighted by atomic mass is 9.90. The molecule has 1 N–H and O–H groups in total. The van der Waals surface area contributed by atoms with Gasteiger partial charge in [0.15, 0.2) is 11.5 Å². The van der Waals surface area contributed by atoms with Gasteiger partial charge in [-0.25, -0.2) is 0 Å². The van der Waals surface area contributed by atoms with Gasteiger partial charge in [-0.3, -0.25) is 0 Å². The normalized spacial score (nSPS) is 18.3. The lowest BCUT2D eigenvalue weighted by molar-refractivity contribution is 0.0727. The molecule has 1 aliphatic heterocycles. The van der Waals surface area contributed by atoms with Gasteiger partial charge in [-0.1, -0.05) is 66.7 Å². The highest BCUT2D eigenvalue weighted by molar-refractivity contribution is 5.44. The van der Waals surface area contributed by atoms with Crippen molar-refractivity contribution >= 4 is 0 Å². The molecule has 31 heavy (non-hydrogen) atoms. The highest BCUT2D eigenvalue weighted by atomic mass is 16.5. The van der Waals surface area contributed by atoms with E-state index in [9.17, 15) is 0 Å². The van der Waals surface area contributed by atoms with Crippen molar-refractivity contribution in [2.24, 2.45) is 0 Å². The van der Waals surface area contributed by atoms with E-state index in [1.165, 1.54) is 16.7 Å². The topological polar surface area (TPSA) is 39.7 Å². The van der Waals surface area contributed by atoms with Crippen LogP contribution >= 0.6 is 0 Å². The van der Waals surface area contributed by atoms with E-state index in [1.807, 2.05) is 18.2 Å². The Balaban J connectivity index is 1.44. The molecule has 0 spiro atoms. The van der Waals surface area contributed by atoms with Crippen LogP contribution in [0.3, 0.4) is 0 Å². The Kier molecular flexibility index (Phi) is 7.23. The number of nitrogens with one attached hydrogen (secondary N) is 1. The molecule has 0 bridgehead atoms. The van der Waals surface area contributed by atoms with Gasteiger partial charge in [-0.05, 0) is 48.2 Å². The van der Waals surface area contributed by atoms with E-state index in [2.05, 4.69) is 66.0 Å². The Morgan fingerprint density at radius 1 is 0.839 bits per heavy atom. The molecule has 3 aromatic rings. The zero-order chi connectivity index (χ0) is 21.5. The van der Waals surface area contributed by atoms with Gasteiger partial charge in [0.2, 0.25) is 0 Å². The van der Waals surface area contributed by atoms with Crippen LogP contribution < -0.4 is 14.8 Å². The van der Waals surface area contributed by atoms with Gasteiger partial charge < -0.3 is 19.5 Å². The predicted molar refractivity (Wildman–Crippen MR) is 124 cm³/mol. The van der Waals surface area contributed by atoms with Crippen LogP contribution in [0.4, 0.5) is 0 Å². The summed E-state index contributed by atoms with van der Waals surface area (Å²) in [5.41, 5.74) is 3.66. The standard InChI is InChI=1S/C27H31NO3/c1-29-25-14-13-22(19-26(25)30-2)23-15-17-28-24(23)16-18-31-27(20-9-5-3-6-10-20)21-11-7-4-8-12-21/h3-14,19,23-24,27-28H,15-18H2,1-2H3. The molecule has 0 saturated carbocycles. The zero-order valence-electron chi connectivity index (χ0n) is 18.3. The summed E-state index contributed by atoms with van der Waals surface area (Å²) in [6.45, 7) is 1.71. The maximum Gasteiger partial charge on any atom is 0.160 e. The summed E-state index contributed by atoms with van der Waals surface area (Å²) >= 11 is 0. The van der Waals surface area contributed by atoms with Crippen LogP contribution in [0.25, 0.3) is 0 Å². The van der Waals surface area contributed by atoms with E-state index in [4.69, 9.17) is 14.2 Å². The van der Waals surface area contributed by atoms with E-state index < -0.39 is 0 Å². The molecule has 2 unspecified atom stereocenters. The first-order valence-corrected chi connectivity index (χ1v) is 11.0. The fourth-order valence-electron chi connectivity index (χ4n) is 4.51. The molecule has 4 rings (SSSR count). The Labute approximate surface area is 185 Å². The monoisotopic (exact) mass is 417 g/mol. The minimum atomic E-state index is -0.0525. The smallest absolute Gasteiger partial charge is 0.160 e. The number of benzene rings is 3. The molecule has 1 aliphatic rings. The van der Waals surface area contributed by atoms with Crippen LogP contribution in [0.2, 0.25) is 0 Å². The number of methoxy groups -OCH3 is 2. The first kappa shape index (κ1) is 21.4. The number of rotatable bonds is 9. The van der Waals surface area contributed by atoms with Crippen molar-refractivity contribution in [2.45, 2.75) is 30.9 Å². The van der Waals surface area contributed by atoms with Crippen LogP contribution in [0.1, 0.15) is 41.6 Å². The molecule has 4 nitrogen and oxygen atoms in total. The van der Waals surface area contributed by atoms with Crippen molar-refractivity contribution in [2.75, 3.05) is 27.4 Å². The second-order valence-electron chi connectivity index (χ2n) is 7.93. The number of hydrogen-bond donors (Lipinski definition) is 1. The van der Waals surface area contributed by atoms with Crippen molar-refractivity contribution in [3.05, 3.63) is 95.6 Å². The van der Waals surface area contributed by atoms with Crippen molar-refractivity contribution in [1.82, 2.24) is 5.32 Å². The minimum Gasteiger partial charge on any atom is -0.493 e. The Hall–Kier alpha value is -2.82. The third-order valence-electron chi connectivity index (χ3n) is 6.10. The lowest BCUT2D eigenvalue weighted by Crippen LogP contribution is -2.28. The van der Waals surface area contributed by atoms with Crippen LogP contribution in [0, 0.1) is 0 Å². The van der Waals surface area contributed by atoms with Crippen LogP contribution in [0.5, 0.6) is 11.5 Å². The van der Waals surface area contributed by atoms with Gasteiger partial charge >= 0.3 is 0 Å². The molecule has 1 fully saturated rings. The van der Waals surface area contributed by atoms with E-state index >= 15 is 0 Å². The molecule has 0 aliphatic carbocycles. The van der Waals surface area contributed by atoms with Crippen LogP contribution in [-0.4, -0.2) is 33.4 Å². The van der Waals surface area contributed by atoms with E-state index in [1.54, 1.807) is 14.2 Å². The van der Waals surface area contributed by atoms with Crippen LogP contribution in [0.15, 0.2) is 78.9 Å². The van der Waals surface area contributed by atoms with Crippen molar-refractivity contribution in [1.29, 1.82) is 0 Å². The molecule has 2 atom stereocenters. The number of hydrogen-bond acceptors (Lipinski definition) is 4. The maximum atomic E-state index is 6.46. The maximum absolute atomic E-state index is 6.46. The first-order chi connectivity index (χ1) is 15.3. The fourth-order valence-corrected chi connectivity index (χ4v) is 4.51. The lowest BCUT2D eigenvalue weighted by Gasteiger charge is -2.23. The van der Waals surface area contributed by atoms with Gasteiger partial charge in [0.1, 0.15) is 6.10 Å². The van der Waals surface area contributed by atoms with E-state index in [0.717, 1.165) is 30.9 Å². The molecule has 0 radical (unpaired) electrons. The summed E-state index contributed by atoms with van der Waals surface area (Å²) in [6.07, 6.45) is 2.01. The highest BCUT2D eigenvalue weighted by Gasteiger charge is 2.29. The van der Waals surface area contributed by atoms with Gasteiger partial charge in [-0.2, -0.15) is 0 Å². The van der Waals surface area contributed by atoms with Crippen molar-refractivity contribution in [3.8, 4) is 11.5 Å². The van der Waals surface area contributed by atoms with Gasteiger partial charge in [0.05, 0.1) is 14.2 Å². The number of ether oxygens (including phenoxy) is 3. The summed E-state index contributed by atoms with van der Waals surface area (Å²) in [5.74, 6) is 2.00. The van der Waals surface area contributed by atoms with Gasteiger partial charge in [0, 0.05) is 18.6 Å². The molecule has 0 amide bonds. The summed E-state index contributed by atoms with van der Waals surface area (Å²) in [7, 11) is 3.36. The molecule has 1 heterocycles. The van der Waals surface area contributed by atoms with Crippen LogP contribution in [-0.2, 0) is 4.74 Å². The van der Waals surface area contributed by atoms with E-state index in [0.29, 0.717) is 18.6 Å². The SMILES string of the molecule is COc1ccc(C2CCNC2CCOC(c2ccccc2)c2ccccc2)cc1OC. The Morgan fingerprint density at radius 2 is 1.48 bits per heavy atom. The van der Waals surface area contributed by atoms with Crippen molar-refractivity contribution < 1.29 is 14.2 Å². The quantitative estimate of drug-likeness (QED) is 0.510. The average Bonchev–Trinajstić information content (AvgIpc) is 3.31. The first-order valence-electron chi connectivity index (χ1n) is 11.0. The molecule has 1 saturated heterocycles. The summed E-state index contributed by atoms with van der Waals surface area (Å²) in [5, 5.41) is 3.67. The second kappa shape index (κ2) is 10.5. The fraction of sp³-hybridized carbons (Fsp3) is 0.333. The molecular formula is C27H31NO3. The van der Waals surface area contributed by atoms with E-state index in [-0.39, 0.29) is 6.10 Å². The molecule has 3 aromatic carbocycles. The Morgan fingerprint density at radius 3 is 2.10 bits per heavy atom. The zero-order valence-corrected chi connectivity index (χ0v) is 18.3.